The first kappa shape index (κ1) is 15.7. The first-order valence-electron chi connectivity index (χ1n) is 6.55. The summed E-state index contributed by atoms with van der Waals surface area (Å²) >= 11 is 12.3. The average Bonchev–Trinajstić information content (AvgIpc) is 2.41. The minimum absolute atomic E-state index is 0.0104. The molecule has 2 N–H and O–H groups in total. The quantitative estimate of drug-likeness (QED) is 0.819. The average molecular weight is 323 g/mol. The minimum Gasteiger partial charge on any atom is -0.378 e. The first-order valence-corrected chi connectivity index (χ1v) is 7.31. The second-order valence-corrected chi connectivity index (χ2v) is 5.56. The molecule has 0 fully saturated rings. The number of hydrogen-bond acceptors (Lipinski definition) is 2. The number of amides is 1. The topological polar surface area (TPSA) is 41.1 Å². The lowest BCUT2D eigenvalue weighted by Gasteiger charge is -2.18. The van der Waals surface area contributed by atoms with E-state index in [1.165, 1.54) is 6.92 Å². The van der Waals surface area contributed by atoms with Gasteiger partial charge in [-0.1, -0.05) is 41.4 Å². The summed E-state index contributed by atoms with van der Waals surface area (Å²) in [5.74, 6) is -0.0990. The van der Waals surface area contributed by atoms with Gasteiger partial charge in [-0.05, 0) is 36.8 Å². The summed E-state index contributed by atoms with van der Waals surface area (Å²) in [6.07, 6.45) is 0. The van der Waals surface area contributed by atoms with E-state index >= 15 is 0 Å². The van der Waals surface area contributed by atoms with Gasteiger partial charge >= 0.3 is 0 Å². The third-order valence-electron chi connectivity index (χ3n) is 3.01. The van der Waals surface area contributed by atoms with Gasteiger partial charge in [0.15, 0.2) is 0 Å². The molecule has 0 bridgehead atoms. The van der Waals surface area contributed by atoms with Crippen molar-refractivity contribution >= 4 is 40.5 Å². The van der Waals surface area contributed by atoms with E-state index in [1.807, 2.05) is 43.3 Å². The molecule has 2 aromatic carbocycles. The number of halogens is 2. The largest absolute Gasteiger partial charge is 0.378 e. The van der Waals surface area contributed by atoms with Gasteiger partial charge < -0.3 is 10.6 Å². The number of hydrogen-bond donors (Lipinski definition) is 2. The Bertz CT molecular complexity index is 658. The molecule has 0 spiro atoms. The van der Waals surface area contributed by atoms with E-state index in [0.29, 0.717) is 10.0 Å². The van der Waals surface area contributed by atoms with Crippen LogP contribution in [0.3, 0.4) is 0 Å². The first-order chi connectivity index (χ1) is 9.97. The summed E-state index contributed by atoms with van der Waals surface area (Å²) in [5.41, 5.74) is 2.57. The van der Waals surface area contributed by atoms with Crippen molar-refractivity contribution in [3.05, 3.63) is 58.1 Å². The highest BCUT2D eigenvalue weighted by Crippen LogP contribution is 2.31. The highest BCUT2D eigenvalue weighted by molar-refractivity contribution is 6.42. The Morgan fingerprint density at radius 1 is 1.10 bits per heavy atom. The number of nitrogens with one attached hydrogen (secondary N) is 2. The van der Waals surface area contributed by atoms with Crippen LogP contribution in [-0.4, -0.2) is 5.91 Å². The van der Waals surface area contributed by atoms with Crippen LogP contribution in [0.1, 0.15) is 25.5 Å². The fourth-order valence-corrected chi connectivity index (χ4v) is 2.54. The van der Waals surface area contributed by atoms with Crippen molar-refractivity contribution in [1.82, 2.24) is 0 Å². The third kappa shape index (κ3) is 4.13. The minimum atomic E-state index is -0.0990. The molecule has 0 saturated heterocycles. The molecule has 1 unspecified atom stereocenters. The van der Waals surface area contributed by atoms with Gasteiger partial charge in [-0.3, -0.25) is 4.79 Å². The van der Waals surface area contributed by atoms with Gasteiger partial charge in [-0.25, -0.2) is 0 Å². The summed E-state index contributed by atoms with van der Waals surface area (Å²) in [4.78, 5) is 11.1. The van der Waals surface area contributed by atoms with E-state index in [9.17, 15) is 4.79 Å². The van der Waals surface area contributed by atoms with Gasteiger partial charge in [-0.2, -0.15) is 0 Å². The number of anilines is 2. The van der Waals surface area contributed by atoms with Crippen molar-refractivity contribution < 1.29 is 4.79 Å². The second-order valence-electron chi connectivity index (χ2n) is 4.77. The SMILES string of the molecule is CC(=O)Nc1cccc(NC(C)c2cccc(Cl)c2Cl)c1. The predicted molar refractivity (Wildman–Crippen MR) is 89.2 cm³/mol. The van der Waals surface area contributed by atoms with Crippen LogP contribution in [-0.2, 0) is 4.79 Å². The molecule has 2 rings (SSSR count). The molecule has 21 heavy (non-hydrogen) atoms. The van der Waals surface area contributed by atoms with Crippen LogP contribution >= 0.6 is 23.2 Å². The van der Waals surface area contributed by atoms with Gasteiger partial charge in [0.1, 0.15) is 0 Å². The van der Waals surface area contributed by atoms with Crippen molar-refractivity contribution in [1.29, 1.82) is 0 Å². The van der Waals surface area contributed by atoms with Crippen LogP contribution < -0.4 is 10.6 Å². The smallest absolute Gasteiger partial charge is 0.221 e. The van der Waals surface area contributed by atoms with Crippen LogP contribution in [0.2, 0.25) is 10.0 Å². The maximum Gasteiger partial charge on any atom is 0.221 e. The van der Waals surface area contributed by atoms with E-state index in [0.717, 1.165) is 16.9 Å². The Hall–Kier alpha value is -1.71. The highest BCUT2D eigenvalue weighted by atomic mass is 35.5. The molecule has 3 nitrogen and oxygen atoms in total. The van der Waals surface area contributed by atoms with Crippen molar-refractivity contribution in [3.8, 4) is 0 Å². The number of benzene rings is 2. The van der Waals surface area contributed by atoms with Crippen LogP contribution in [0.5, 0.6) is 0 Å². The summed E-state index contributed by atoms with van der Waals surface area (Å²) in [6, 6.07) is 13.1. The zero-order chi connectivity index (χ0) is 15.4. The normalized spacial score (nSPS) is 11.8. The van der Waals surface area contributed by atoms with E-state index < -0.39 is 0 Å². The molecule has 0 radical (unpaired) electrons. The molecular weight excluding hydrogens is 307 g/mol. The maximum absolute atomic E-state index is 11.1. The molecular formula is C16H16Cl2N2O. The van der Waals surface area contributed by atoms with Crippen LogP contribution in [0.15, 0.2) is 42.5 Å². The third-order valence-corrected chi connectivity index (χ3v) is 3.85. The van der Waals surface area contributed by atoms with Crippen molar-refractivity contribution in [2.45, 2.75) is 19.9 Å². The van der Waals surface area contributed by atoms with E-state index in [-0.39, 0.29) is 11.9 Å². The van der Waals surface area contributed by atoms with Gasteiger partial charge in [0, 0.05) is 18.3 Å². The Morgan fingerprint density at radius 2 is 1.76 bits per heavy atom. The van der Waals surface area contributed by atoms with Crippen molar-refractivity contribution in [2.75, 3.05) is 10.6 Å². The summed E-state index contributed by atoms with van der Waals surface area (Å²) in [7, 11) is 0. The predicted octanol–water partition coefficient (Wildman–Crippen LogP) is 5.12. The summed E-state index contributed by atoms with van der Waals surface area (Å²) < 4.78 is 0. The Labute approximate surface area is 134 Å². The van der Waals surface area contributed by atoms with E-state index in [1.54, 1.807) is 6.07 Å². The zero-order valence-electron chi connectivity index (χ0n) is 11.8. The Kier molecular flexibility index (Phi) is 5.10. The molecule has 110 valence electrons. The molecule has 0 aliphatic rings. The zero-order valence-corrected chi connectivity index (χ0v) is 13.3. The summed E-state index contributed by atoms with van der Waals surface area (Å²) in [5, 5.41) is 7.19. The number of carbonyl (C=O) groups excluding carboxylic acids is 1. The second kappa shape index (κ2) is 6.83. The van der Waals surface area contributed by atoms with E-state index in [4.69, 9.17) is 23.2 Å². The van der Waals surface area contributed by atoms with Gasteiger partial charge in [0.2, 0.25) is 5.91 Å². The lowest BCUT2D eigenvalue weighted by Crippen LogP contribution is -2.09. The van der Waals surface area contributed by atoms with E-state index in [2.05, 4.69) is 10.6 Å². The lowest BCUT2D eigenvalue weighted by molar-refractivity contribution is -0.114. The number of carbonyl (C=O) groups is 1. The molecule has 0 aliphatic heterocycles. The van der Waals surface area contributed by atoms with Crippen LogP contribution in [0.4, 0.5) is 11.4 Å². The van der Waals surface area contributed by atoms with Gasteiger partial charge in [-0.15, -0.1) is 0 Å². The standard InChI is InChI=1S/C16H16Cl2N2O/c1-10(14-7-4-8-15(17)16(14)18)19-12-5-3-6-13(9-12)20-11(2)21/h3-10,19H,1-2H3,(H,20,21). The van der Waals surface area contributed by atoms with Crippen molar-refractivity contribution in [3.63, 3.8) is 0 Å². The molecule has 5 heteroatoms. The van der Waals surface area contributed by atoms with Gasteiger partial charge in [0.05, 0.1) is 16.1 Å². The van der Waals surface area contributed by atoms with Crippen LogP contribution in [0, 0.1) is 0 Å². The fourth-order valence-electron chi connectivity index (χ4n) is 2.07. The molecule has 0 heterocycles. The molecule has 1 amide bonds. The number of rotatable bonds is 4. The Balaban J connectivity index is 2.17. The maximum atomic E-state index is 11.1. The molecule has 0 saturated carbocycles. The molecule has 1 atom stereocenters. The monoisotopic (exact) mass is 322 g/mol. The summed E-state index contributed by atoms with van der Waals surface area (Å²) in [6.45, 7) is 3.48. The molecule has 0 aliphatic carbocycles. The molecule has 2 aromatic rings. The van der Waals surface area contributed by atoms with Crippen molar-refractivity contribution in [2.24, 2.45) is 0 Å². The Morgan fingerprint density at radius 3 is 2.48 bits per heavy atom. The lowest BCUT2D eigenvalue weighted by atomic mass is 10.1. The van der Waals surface area contributed by atoms with Gasteiger partial charge in [0.25, 0.3) is 0 Å². The highest BCUT2D eigenvalue weighted by Gasteiger charge is 2.12. The molecule has 0 aromatic heterocycles. The fraction of sp³-hybridized carbons (Fsp3) is 0.188. The van der Waals surface area contributed by atoms with Crippen LogP contribution in [0.25, 0.3) is 0 Å².